The third-order valence-corrected chi connectivity index (χ3v) is 7.68. The van der Waals surface area contributed by atoms with E-state index in [0.717, 1.165) is 48.6 Å². The van der Waals surface area contributed by atoms with Crippen LogP contribution in [0.25, 0.3) is 11.4 Å². The Morgan fingerprint density at radius 2 is 1.86 bits per heavy atom. The average molecular weight is 479 g/mol. The van der Waals surface area contributed by atoms with E-state index in [1.165, 1.54) is 0 Å². The van der Waals surface area contributed by atoms with Crippen molar-refractivity contribution < 1.29 is 17.2 Å². The lowest BCUT2D eigenvalue weighted by atomic mass is 10.1. The van der Waals surface area contributed by atoms with Gasteiger partial charge < -0.3 is 4.57 Å². The van der Waals surface area contributed by atoms with E-state index in [1.807, 2.05) is 0 Å². The van der Waals surface area contributed by atoms with Gasteiger partial charge in [-0.25, -0.2) is 17.2 Å². The van der Waals surface area contributed by atoms with Gasteiger partial charge in [0, 0.05) is 19.0 Å². The fourth-order valence-electron chi connectivity index (χ4n) is 3.19. The number of halogens is 4. The van der Waals surface area contributed by atoms with Gasteiger partial charge in [-0.15, -0.1) is 21.5 Å². The maximum atomic E-state index is 14.6. The number of fused-ring (bicyclic) bond motifs is 1. The lowest BCUT2D eigenvalue weighted by molar-refractivity contribution is 0.581. The largest absolute Gasteiger partial charge is 0.311 e. The van der Waals surface area contributed by atoms with Gasteiger partial charge in [0.15, 0.2) is 5.82 Å². The molecule has 0 unspecified atom stereocenters. The van der Waals surface area contributed by atoms with E-state index in [1.54, 1.807) is 4.57 Å². The van der Waals surface area contributed by atoms with Crippen molar-refractivity contribution in [2.75, 3.05) is 4.72 Å². The molecule has 12 heteroatoms. The Kier molecular flexibility index (Phi) is 5.54. The minimum Gasteiger partial charge on any atom is -0.311 e. The van der Waals surface area contributed by atoms with Crippen molar-refractivity contribution >= 4 is 50.2 Å². The number of benzene rings is 1. The molecule has 3 heterocycles. The van der Waals surface area contributed by atoms with Gasteiger partial charge >= 0.3 is 0 Å². The Morgan fingerprint density at radius 1 is 1.07 bits per heavy atom. The maximum Gasteiger partial charge on any atom is 0.264 e. The molecule has 1 aliphatic rings. The van der Waals surface area contributed by atoms with Crippen molar-refractivity contribution in [2.24, 2.45) is 0 Å². The highest BCUT2D eigenvalue weighted by Gasteiger charge is 2.25. The first-order chi connectivity index (χ1) is 13.8. The predicted molar refractivity (Wildman–Crippen MR) is 108 cm³/mol. The van der Waals surface area contributed by atoms with Gasteiger partial charge in [0.25, 0.3) is 10.0 Å². The minimum absolute atomic E-state index is 0.0424. The van der Waals surface area contributed by atoms with Gasteiger partial charge in [0.1, 0.15) is 26.7 Å². The van der Waals surface area contributed by atoms with Crippen molar-refractivity contribution in [3.8, 4) is 11.4 Å². The summed E-state index contributed by atoms with van der Waals surface area (Å²) in [6.45, 7) is 0.610. The number of aryl methyl sites for hydroxylation is 1. The predicted octanol–water partition coefficient (Wildman–Crippen LogP) is 5.12. The molecule has 0 atom stereocenters. The highest BCUT2D eigenvalue weighted by Crippen LogP contribution is 2.36. The monoisotopic (exact) mass is 478 g/mol. The number of aromatic nitrogens is 3. The molecule has 2 aromatic heterocycles. The Bertz CT molecular complexity index is 1190. The fourth-order valence-corrected chi connectivity index (χ4v) is 6.40. The summed E-state index contributed by atoms with van der Waals surface area (Å²) < 4.78 is 58.1. The summed E-state index contributed by atoms with van der Waals surface area (Å²) in [6.07, 6.45) is 3.58. The second-order valence-corrected chi connectivity index (χ2v) is 10.4. The van der Waals surface area contributed by atoms with Crippen LogP contribution < -0.4 is 4.72 Å². The van der Waals surface area contributed by atoms with Crippen molar-refractivity contribution in [1.82, 2.24) is 14.8 Å². The van der Waals surface area contributed by atoms with Gasteiger partial charge in [-0.1, -0.05) is 29.6 Å². The Morgan fingerprint density at radius 3 is 2.59 bits per heavy atom. The molecule has 1 N–H and O–H groups in total. The van der Waals surface area contributed by atoms with Crippen molar-refractivity contribution in [3.05, 3.63) is 44.3 Å². The first kappa shape index (κ1) is 20.5. The molecule has 0 saturated heterocycles. The molecule has 0 radical (unpaired) electrons. The number of thiophene rings is 1. The Labute approximate surface area is 179 Å². The fraction of sp³-hybridized carbons (Fsp3) is 0.294. The lowest BCUT2D eigenvalue weighted by Gasteiger charge is -2.12. The Balaban J connectivity index is 1.76. The summed E-state index contributed by atoms with van der Waals surface area (Å²) in [5.74, 6) is -0.969. The maximum absolute atomic E-state index is 14.6. The molecule has 0 fully saturated rings. The van der Waals surface area contributed by atoms with Crippen LogP contribution in [-0.4, -0.2) is 23.2 Å². The Hall–Kier alpha value is -1.75. The van der Waals surface area contributed by atoms with Crippen LogP contribution >= 0.6 is 34.5 Å². The number of hydrogen-bond acceptors (Lipinski definition) is 5. The van der Waals surface area contributed by atoms with Crippen molar-refractivity contribution in [1.29, 1.82) is 0 Å². The van der Waals surface area contributed by atoms with E-state index in [9.17, 15) is 17.2 Å². The van der Waals surface area contributed by atoms with E-state index in [-0.39, 0.29) is 25.0 Å². The van der Waals surface area contributed by atoms with Crippen LogP contribution in [0.5, 0.6) is 0 Å². The van der Waals surface area contributed by atoms with Gasteiger partial charge in [0.2, 0.25) is 0 Å². The summed E-state index contributed by atoms with van der Waals surface area (Å²) >= 11 is 12.6. The second kappa shape index (κ2) is 7.82. The number of nitrogens with zero attached hydrogens (tertiary/aromatic N) is 3. The first-order valence-corrected chi connectivity index (χ1v) is 11.7. The van der Waals surface area contributed by atoms with E-state index >= 15 is 0 Å². The smallest absolute Gasteiger partial charge is 0.264 e. The number of hydrogen-bond donors (Lipinski definition) is 1. The third-order valence-electron chi connectivity index (χ3n) is 4.57. The van der Waals surface area contributed by atoms with Crippen LogP contribution in [0.1, 0.15) is 25.1 Å². The molecule has 4 rings (SSSR count). The van der Waals surface area contributed by atoms with Crippen LogP contribution in [0.3, 0.4) is 0 Å². The van der Waals surface area contributed by atoms with Crippen LogP contribution in [0, 0.1) is 11.6 Å². The first-order valence-electron chi connectivity index (χ1n) is 8.65. The molecular formula is C17H14Cl2F2N4O2S2. The molecule has 3 aromatic rings. The van der Waals surface area contributed by atoms with Crippen LogP contribution in [0.4, 0.5) is 14.5 Å². The van der Waals surface area contributed by atoms with Crippen LogP contribution in [-0.2, 0) is 23.0 Å². The molecule has 0 amide bonds. The lowest BCUT2D eigenvalue weighted by Crippen LogP contribution is -2.14. The zero-order valence-electron chi connectivity index (χ0n) is 14.8. The topological polar surface area (TPSA) is 76.9 Å². The van der Waals surface area contributed by atoms with Gasteiger partial charge in [0.05, 0.1) is 15.6 Å². The zero-order chi connectivity index (χ0) is 20.8. The van der Waals surface area contributed by atoms with Gasteiger partial charge in [-0.05, 0) is 25.0 Å². The van der Waals surface area contributed by atoms with Gasteiger partial charge in [-0.3, -0.25) is 4.72 Å². The van der Waals surface area contributed by atoms with E-state index in [0.29, 0.717) is 19.0 Å². The summed E-state index contributed by atoms with van der Waals surface area (Å²) in [5, 5.41) is 8.16. The number of anilines is 1. The van der Waals surface area contributed by atoms with Crippen LogP contribution in [0.2, 0.25) is 8.67 Å². The molecule has 1 aromatic carbocycles. The van der Waals surface area contributed by atoms with E-state index < -0.39 is 27.3 Å². The standard InChI is InChI=1S/C17H14Cl2F2N4O2S2/c18-14-8-13(16(19)28-14)29(26,27)24-12-6-9(10(20)7-11(12)21)17-23-22-15-4-2-1-3-5-25(15)17/h6-8,24H,1-5H2. The molecule has 0 bridgehead atoms. The number of sulfonamides is 1. The molecule has 0 aliphatic carbocycles. The van der Waals surface area contributed by atoms with Gasteiger partial charge in [-0.2, -0.15) is 0 Å². The SMILES string of the molecule is O=S(=O)(Nc1cc(-c2nnc3n2CCCCC3)c(F)cc1F)c1cc(Cl)sc1Cl. The molecule has 6 nitrogen and oxygen atoms in total. The minimum atomic E-state index is -4.23. The highest BCUT2D eigenvalue weighted by molar-refractivity contribution is 7.93. The normalized spacial score (nSPS) is 14.5. The molecule has 1 aliphatic heterocycles. The van der Waals surface area contributed by atoms with Crippen LogP contribution in [0.15, 0.2) is 23.1 Å². The molecule has 154 valence electrons. The summed E-state index contributed by atoms with van der Waals surface area (Å²) in [4.78, 5) is -0.282. The summed E-state index contributed by atoms with van der Waals surface area (Å²) in [7, 11) is -4.23. The highest BCUT2D eigenvalue weighted by atomic mass is 35.5. The quantitative estimate of drug-likeness (QED) is 0.564. The zero-order valence-corrected chi connectivity index (χ0v) is 17.9. The average Bonchev–Trinajstić information content (AvgIpc) is 3.11. The second-order valence-electron chi connectivity index (χ2n) is 6.51. The van der Waals surface area contributed by atoms with E-state index in [4.69, 9.17) is 23.2 Å². The summed E-state index contributed by atoms with van der Waals surface area (Å²) in [6, 6.07) is 2.86. The molecule has 0 saturated carbocycles. The third kappa shape index (κ3) is 3.98. The van der Waals surface area contributed by atoms with E-state index in [2.05, 4.69) is 14.9 Å². The van der Waals surface area contributed by atoms with Crippen molar-refractivity contribution in [2.45, 2.75) is 37.1 Å². The molecule has 0 spiro atoms. The molecular weight excluding hydrogens is 465 g/mol. The summed E-state index contributed by atoms with van der Waals surface area (Å²) in [5.41, 5.74) is -0.468. The van der Waals surface area contributed by atoms with Crippen molar-refractivity contribution in [3.63, 3.8) is 0 Å². The number of nitrogens with one attached hydrogen (secondary N) is 1. The molecule has 29 heavy (non-hydrogen) atoms. The number of rotatable bonds is 4.